The number of Topliss-reactive ketones (excluding diaryl/α,β-unsaturated/α-hetero) is 1. The highest BCUT2D eigenvalue weighted by Crippen LogP contribution is 2.15. The molecule has 0 radical (unpaired) electrons. The lowest BCUT2D eigenvalue weighted by atomic mass is 10.1. The van der Waals surface area contributed by atoms with Gasteiger partial charge in [-0.15, -0.1) is 0 Å². The van der Waals surface area contributed by atoms with Crippen LogP contribution in [0.1, 0.15) is 37.6 Å². The molecule has 1 aromatic rings. The summed E-state index contributed by atoms with van der Waals surface area (Å²) < 4.78 is 0. The number of carbonyl (C=O) groups excluding carboxylic acids is 2. The third-order valence-electron chi connectivity index (χ3n) is 4.54. The van der Waals surface area contributed by atoms with E-state index in [4.69, 9.17) is 0 Å². The minimum absolute atomic E-state index is 0.0955. The van der Waals surface area contributed by atoms with E-state index in [0.717, 1.165) is 43.9 Å². The zero-order valence-corrected chi connectivity index (χ0v) is 14.4. The standard InChI is InChI=1S/C18H27N3O2/c1-4-14(2)19-18(23)13-20-9-11-21(12-10-20)17-7-5-16(6-8-17)15(3)22/h5-8,14H,4,9-13H2,1-3H3,(H,19,23)/p+1/t14-/m1/s1. The first-order chi connectivity index (χ1) is 11.0. The van der Waals surface area contributed by atoms with E-state index in [1.807, 2.05) is 31.2 Å². The number of nitrogens with zero attached hydrogens (tertiary/aromatic N) is 1. The van der Waals surface area contributed by atoms with Crippen molar-refractivity contribution < 1.29 is 14.5 Å². The van der Waals surface area contributed by atoms with Crippen molar-refractivity contribution in [3.8, 4) is 0 Å². The molecular weight excluding hydrogens is 290 g/mol. The minimum atomic E-state index is 0.0955. The van der Waals surface area contributed by atoms with Crippen molar-refractivity contribution in [2.24, 2.45) is 0 Å². The molecule has 0 unspecified atom stereocenters. The Morgan fingerprint density at radius 1 is 1.22 bits per heavy atom. The average Bonchev–Trinajstić information content (AvgIpc) is 2.55. The van der Waals surface area contributed by atoms with E-state index in [1.54, 1.807) is 6.92 Å². The lowest BCUT2D eigenvalue weighted by Gasteiger charge is -2.33. The van der Waals surface area contributed by atoms with Gasteiger partial charge in [0.2, 0.25) is 0 Å². The summed E-state index contributed by atoms with van der Waals surface area (Å²) in [5, 5.41) is 3.03. The number of rotatable bonds is 6. The van der Waals surface area contributed by atoms with E-state index < -0.39 is 0 Å². The van der Waals surface area contributed by atoms with Crippen LogP contribution >= 0.6 is 0 Å². The van der Waals surface area contributed by atoms with Crippen LogP contribution in [0.3, 0.4) is 0 Å². The molecule has 1 amide bonds. The smallest absolute Gasteiger partial charge is 0.275 e. The first-order valence-corrected chi connectivity index (χ1v) is 8.48. The van der Waals surface area contributed by atoms with E-state index in [-0.39, 0.29) is 17.7 Å². The number of hydrogen-bond donors (Lipinski definition) is 2. The maximum atomic E-state index is 12.0. The average molecular weight is 318 g/mol. The topological polar surface area (TPSA) is 53.9 Å². The van der Waals surface area contributed by atoms with Crippen LogP contribution in [-0.4, -0.2) is 50.5 Å². The Morgan fingerprint density at radius 3 is 2.35 bits per heavy atom. The summed E-state index contributed by atoms with van der Waals surface area (Å²) in [7, 11) is 0. The highest BCUT2D eigenvalue weighted by atomic mass is 16.2. The largest absolute Gasteiger partial charge is 0.360 e. The number of hydrogen-bond acceptors (Lipinski definition) is 3. The van der Waals surface area contributed by atoms with Gasteiger partial charge >= 0.3 is 0 Å². The number of ketones is 1. The van der Waals surface area contributed by atoms with Crippen LogP contribution in [0, 0.1) is 0 Å². The number of benzene rings is 1. The van der Waals surface area contributed by atoms with Crippen LogP contribution in [0.25, 0.3) is 0 Å². The first-order valence-electron chi connectivity index (χ1n) is 8.48. The molecule has 2 N–H and O–H groups in total. The molecular formula is C18H28N3O2+. The second-order valence-electron chi connectivity index (χ2n) is 6.39. The van der Waals surface area contributed by atoms with Crippen molar-refractivity contribution in [1.29, 1.82) is 0 Å². The zero-order valence-electron chi connectivity index (χ0n) is 14.4. The normalized spacial score (nSPS) is 16.9. The Labute approximate surface area is 138 Å². The van der Waals surface area contributed by atoms with Gasteiger partial charge in [-0.05, 0) is 44.5 Å². The van der Waals surface area contributed by atoms with Crippen molar-refractivity contribution in [3.05, 3.63) is 29.8 Å². The fourth-order valence-electron chi connectivity index (χ4n) is 2.82. The van der Waals surface area contributed by atoms with Gasteiger partial charge < -0.3 is 15.1 Å². The molecule has 126 valence electrons. The fraction of sp³-hybridized carbons (Fsp3) is 0.556. The summed E-state index contributed by atoms with van der Waals surface area (Å²) in [4.78, 5) is 26.9. The molecule has 1 fully saturated rings. The molecule has 2 rings (SSSR count). The minimum Gasteiger partial charge on any atom is -0.360 e. The summed E-state index contributed by atoms with van der Waals surface area (Å²) in [6, 6.07) is 8.05. The molecule has 0 saturated carbocycles. The van der Waals surface area contributed by atoms with Gasteiger partial charge in [0.05, 0.1) is 26.2 Å². The van der Waals surface area contributed by atoms with Crippen molar-refractivity contribution in [2.45, 2.75) is 33.2 Å². The van der Waals surface area contributed by atoms with Crippen molar-refractivity contribution in [2.75, 3.05) is 37.6 Å². The first kappa shape index (κ1) is 17.5. The highest BCUT2D eigenvalue weighted by Gasteiger charge is 2.22. The maximum Gasteiger partial charge on any atom is 0.275 e. The predicted octanol–water partition coefficient (Wildman–Crippen LogP) is 0.509. The summed E-state index contributed by atoms with van der Waals surface area (Å²) in [6.45, 7) is 10.0. The number of carbonyl (C=O) groups is 2. The maximum absolute atomic E-state index is 12.0. The van der Waals surface area contributed by atoms with Crippen molar-refractivity contribution >= 4 is 17.4 Å². The van der Waals surface area contributed by atoms with Crippen LogP contribution in [0.15, 0.2) is 24.3 Å². The summed E-state index contributed by atoms with van der Waals surface area (Å²) in [6.07, 6.45) is 0.963. The second-order valence-corrected chi connectivity index (χ2v) is 6.39. The molecule has 0 aliphatic carbocycles. The Balaban J connectivity index is 1.81. The van der Waals surface area contributed by atoms with Crippen LogP contribution in [0.2, 0.25) is 0 Å². The lowest BCUT2D eigenvalue weighted by Crippen LogP contribution is -3.16. The Kier molecular flexibility index (Phi) is 6.16. The van der Waals surface area contributed by atoms with Gasteiger partial charge in [-0.25, -0.2) is 0 Å². The molecule has 5 nitrogen and oxygen atoms in total. The van der Waals surface area contributed by atoms with Crippen LogP contribution < -0.4 is 15.1 Å². The third kappa shape index (κ3) is 5.06. The van der Waals surface area contributed by atoms with Crippen LogP contribution in [-0.2, 0) is 4.79 Å². The van der Waals surface area contributed by atoms with Gasteiger partial charge in [0.25, 0.3) is 5.91 Å². The molecule has 1 atom stereocenters. The van der Waals surface area contributed by atoms with Crippen molar-refractivity contribution in [1.82, 2.24) is 5.32 Å². The zero-order chi connectivity index (χ0) is 16.8. The number of quaternary nitrogens is 1. The van der Waals surface area contributed by atoms with Gasteiger partial charge in [-0.3, -0.25) is 9.59 Å². The molecule has 1 aliphatic heterocycles. The number of piperazine rings is 1. The van der Waals surface area contributed by atoms with E-state index in [9.17, 15) is 9.59 Å². The summed E-state index contributed by atoms with van der Waals surface area (Å²) in [5.74, 6) is 0.242. The monoisotopic (exact) mass is 318 g/mol. The predicted molar refractivity (Wildman–Crippen MR) is 92.1 cm³/mol. The van der Waals surface area contributed by atoms with E-state index in [1.165, 1.54) is 4.90 Å². The van der Waals surface area contributed by atoms with Crippen molar-refractivity contribution in [3.63, 3.8) is 0 Å². The molecule has 1 aromatic carbocycles. The van der Waals surface area contributed by atoms with Gasteiger partial charge in [-0.2, -0.15) is 0 Å². The SMILES string of the molecule is CC[C@@H](C)NC(=O)C[NH+]1CCN(c2ccc(C(C)=O)cc2)CC1. The molecule has 23 heavy (non-hydrogen) atoms. The molecule has 5 heteroatoms. The third-order valence-corrected chi connectivity index (χ3v) is 4.54. The Morgan fingerprint density at radius 2 is 1.83 bits per heavy atom. The Hall–Kier alpha value is -1.88. The fourth-order valence-corrected chi connectivity index (χ4v) is 2.82. The molecule has 1 heterocycles. The molecule has 0 spiro atoms. The van der Waals surface area contributed by atoms with Gasteiger partial charge in [0.15, 0.2) is 12.3 Å². The van der Waals surface area contributed by atoms with Gasteiger partial charge in [0, 0.05) is 17.3 Å². The summed E-state index contributed by atoms with van der Waals surface area (Å²) in [5.41, 5.74) is 1.90. The van der Waals surface area contributed by atoms with Crippen LogP contribution in [0.5, 0.6) is 0 Å². The van der Waals surface area contributed by atoms with E-state index in [2.05, 4.69) is 17.1 Å². The lowest BCUT2D eigenvalue weighted by molar-refractivity contribution is -0.892. The van der Waals surface area contributed by atoms with Gasteiger partial charge in [0.1, 0.15) is 0 Å². The van der Waals surface area contributed by atoms with Gasteiger partial charge in [-0.1, -0.05) is 6.92 Å². The Bertz CT molecular complexity index is 534. The number of amides is 1. The quantitative estimate of drug-likeness (QED) is 0.752. The highest BCUT2D eigenvalue weighted by molar-refractivity contribution is 5.94. The van der Waals surface area contributed by atoms with E-state index >= 15 is 0 Å². The molecule has 1 aliphatic rings. The van der Waals surface area contributed by atoms with E-state index in [0.29, 0.717) is 6.54 Å². The second kappa shape index (κ2) is 8.11. The summed E-state index contributed by atoms with van der Waals surface area (Å²) >= 11 is 0. The number of anilines is 1. The molecule has 0 bridgehead atoms. The van der Waals surface area contributed by atoms with Crippen LogP contribution in [0.4, 0.5) is 5.69 Å². The molecule has 1 saturated heterocycles. The number of nitrogens with one attached hydrogen (secondary N) is 2. The molecule has 0 aromatic heterocycles.